The van der Waals surface area contributed by atoms with Crippen LogP contribution in [0.4, 0.5) is 5.69 Å². The molecule has 2 amide bonds. The van der Waals surface area contributed by atoms with Gasteiger partial charge in [-0.15, -0.1) is 0 Å². The van der Waals surface area contributed by atoms with Crippen LogP contribution < -0.4 is 15.4 Å². The van der Waals surface area contributed by atoms with Gasteiger partial charge in [-0.25, -0.2) is 4.98 Å². The van der Waals surface area contributed by atoms with Crippen molar-refractivity contribution >= 4 is 23.1 Å². The summed E-state index contributed by atoms with van der Waals surface area (Å²) in [7, 11) is 3.93. The molecule has 0 radical (unpaired) electrons. The number of fused-ring (bicyclic) bond motifs is 1. The number of ether oxygens (including phenoxy) is 1. The third-order valence-corrected chi connectivity index (χ3v) is 6.63. The lowest BCUT2D eigenvalue weighted by molar-refractivity contribution is -0.126. The van der Waals surface area contributed by atoms with Crippen LogP contribution in [0.5, 0.6) is 11.5 Å². The number of benzene rings is 2. The van der Waals surface area contributed by atoms with Crippen molar-refractivity contribution in [3.05, 3.63) is 90.8 Å². The van der Waals surface area contributed by atoms with Crippen molar-refractivity contribution in [2.24, 2.45) is 5.73 Å². The summed E-state index contributed by atoms with van der Waals surface area (Å²) in [6, 6.07) is 20.9. The zero-order valence-corrected chi connectivity index (χ0v) is 22.2. The minimum Gasteiger partial charge on any atom is -0.457 e. The molecule has 1 aliphatic rings. The van der Waals surface area contributed by atoms with E-state index in [4.69, 9.17) is 15.5 Å². The zero-order valence-electron chi connectivity index (χ0n) is 22.2. The Kier molecular flexibility index (Phi) is 7.60. The number of hydrogen-bond acceptors (Lipinski definition) is 6. The van der Waals surface area contributed by atoms with Crippen LogP contribution in [0.15, 0.2) is 85.1 Å². The van der Waals surface area contributed by atoms with E-state index < -0.39 is 5.91 Å². The molecule has 0 spiro atoms. The first-order valence-electron chi connectivity index (χ1n) is 12.9. The van der Waals surface area contributed by atoms with Crippen LogP contribution in [0.3, 0.4) is 0 Å². The second kappa shape index (κ2) is 11.4. The number of pyridine rings is 1. The van der Waals surface area contributed by atoms with Crippen molar-refractivity contribution in [1.29, 1.82) is 0 Å². The van der Waals surface area contributed by atoms with Crippen LogP contribution in [-0.2, 0) is 4.79 Å². The first-order valence-corrected chi connectivity index (χ1v) is 12.9. The Bertz CT molecular complexity index is 1490. The predicted molar refractivity (Wildman–Crippen MR) is 152 cm³/mol. The molecule has 9 nitrogen and oxygen atoms in total. The summed E-state index contributed by atoms with van der Waals surface area (Å²) in [4.78, 5) is 36.1. The first-order chi connectivity index (χ1) is 18.9. The van der Waals surface area contributed by atoms with Crippen LogP contribution in [-0.4, -0.2) is 77.8 Å². The molecule has 200 valence electrons. The first kappa shape index (κ1) is 26.0. The molecule has 0 atom stereocenters. The minimum absolute atomic E-state index is 0.0218. The standard InChI is InChI=1S/C30H32N6O3/c1-33(2)16-7-11-26(37)35-20-18-34(19-21-35)25-10-6-17-36-28(29(31)38)27(32-30(25)36)22-12-14-24(15-13-22)39-23-8-4-3-5-9-23/h3-15,17H,16,18-21H2,1-2H3,(H2,31,38)/b11-7+. The average molecular weight is 525 g/mol. The maximum atomic E-state index is 12.6. The van der Waals surface area contributed by atoms with E-state index in [-0.39, 0.29) is 5.91 Å². The number of carbonyl (C=O) groups excluding carboxylic acids is 2. The van der Waals surface area contributed by atoms with Gasteiger partial charge >= 0.3 is 0 Å². The molecule has 2 N–H and O–H groups in total. The summed E-state index contributed by atoms with van der Waals surface area (Å²) < 4.78 is 7.66. The van der Waals surface area contributed by atoms with Gasteiger partial charge in [-0.2, -0.15) is 0 Å². The molecule has 1 fully saturated rings. The van der Waals surface area contributed by atoms with E-state index in [2.05, 4.69) is 4.90 Å². The van der Waals surface area contributed by atoms with Crippen LogP contribution >= 0.6 is 0 Å². The molecule has 0 bridgehead atoms. The fraction of sp³-hybridized carbons (Fsp3) is 0.233. The third kappa shape index (κ3) is 5.78. The largest absolute Gasteiger partial charge is 0.457 e. The van der Waals surface area contributed by atoms with Crippen LogP contribution in [0, 0.1) is 0 Å². The second-order valence-corrected chi connectivity index (χ2v) is 9.68. The summed E-state index contributed by atoms with van der Waals surface area (Å²) in [5.41, 5.74) is 8.99. The smallest absolute Gasteiger partial charge is 0.268 e. The Morgan fingerprint density at radius 3 is 2.31 bits per heavy atom. The fourth-order valence-corrected chi connectivity index (χ4v) is 4.68. The molecule has 9 heteroatoms. The zero-order chi connectivity index (χ0) is 27.4. The van der Waals surface area contributed by atoms with Gasteiger partial charge in [0, 0.05) is 50.6 Å². The van der Waals surface area contributed by atoms with Gasteiger partial charge in [0.15, 0.2) is 5.65 Å². The maximum Gasteiger partial charge on any atom is 0.268 e. The van der Waals surface area contributed by atoms with Crippen LogP contribution in [0.25, 0.3) is 16.9 Å². The molecule has 0 unspecified atom stereocenters. The van der Waals surface area contributed by atoms with Gasteiger partial charge in [-0.1, -0.05) is 24.3 Å². The average Bonchev–Trinajstić information content (AvgIpc) is 3.34. The SMILES string of the molecule is CN(C)C/C=C/C(=O)N1CCN(c2cccn3c(C(N)=O)c(-c4ccc(Oc5ccccc5)cc4)nc23)CC1. The van der Waals surface area contributed by atoms with E-state index in [0.717, 1.165) is 23.5 Å². The number of anilines is 1. The van der Waals surface area contributed by atoms with Crippen molar-refractivity contribution in [2.75, 3.05) is 51.7 Å². The molecule has 1 aliphatic heterocycles. The summed E-state index contributed by atoms with van der Waals surface area (Å²) in [6.45, 7) is 3.25. The van der Waals surface area contributed by atoms with Crippen LogP contribution in [0.1, 0.15) is 10.5 Å². The minimum atomic E-state index is -0.556. The number of piperazine rings is 1. The number of nitrogens with zero attached hydrogens (tertiary/aromatic N) is 5. The Balaban J connectivity index is 1.38. The van der Waals surface area contributed by atoms with Gasteiger partial charge in [-0.3, -0.25) is 14.0 Å². The summed E-state index contributed by atoms with van der Waals surface area (Å²) in [5.74, 6) is 0.888. The summed E-state index contributed by atoms with van der Waals surface area (Å²) >= 11 is 0. The van der Waals surface area contributed by atoms with Gasteiger partial charge in [-0.05, 0) is 62.6 Å². The van der Waals surface area contributed by atoms with Gasteiger partial charge < -0.3 is 25.2 Å². The van der Waals surface area contributed by atoms with E-state index in [1.807, 2.05) is 96.7 Å². The fourth-order valence-electron chi connectivity index (χ4n) is 4.68. The molecular formula is C30H32N6O3. The summed E-state index contributed by atoms with van der Waals surface area (Å²) in [6.07, 6.45) is 5.33. The number of likely N-dealkylation sites (N-methyl/N-ethyl adjacent to an activating group) is 1. The van der Waals surface area contributed by atoms with Crippen molar-refractivity contribution in [3.8, 4) is 22.8 Å². The van der Waals surface area contributed by atoms with E-state index in [1.54, 1.807) is 16.7 Å². The lowest BCUT2D eigenvalue weighted by Gasteiger charge is -2.35. The molecule has 3 heterocycles. The molecule has 5 rings (SSSR count). The molecule has 0 saturated carbocycles. The number of rotatable bonds is 8. The van der Waals surface area contributed by atoms with Gasteiger partial charge in [0.1, 0.15) is 22.9 Å². The van der Waals surface area contributed by atoms with E-state index in [9.17, 15) is 9.59 Å². The molecule has 2 aromatic carbocycles. The van der Waals surface area contributed by atoms with Gasteiger partial charge in [0.05, 0.1) is 5.69 Å². The highest BCUT2D eigenvalue weighted by atomic mass is 16.5. The van der Waals surface area contributed by atoms with Crippen molar-refractivity contribution in [2.45, 2.75) is 0 Å². The highest BCUT2D eigenvalue weighted by Crippen LogP contribution is 2.31. The number of imidazole rings is 1. The number of nitrogens with two attached hydrogens (primary N) is 1. The molecule has 0 aliphatic carbocycles. The normalized spacial score (nSPS) is 13.9. The number of hydrogen-bond donors (Lipinski definition) is 1. The number of carbonyl (C=O) groups is 2. The number of aromatic nitrogens is 2. The molecule has 39 heavy (non-hydrogen) atoms. The molecular weight excluding hydrogens is 492 g/mol. The number of amides is 2. The van der Waals surface area contributed by atoms with Crippen molar-refractivity contribution in [1.82, 2.24) is 19.2 Å². The summed E-state index contributed by atoms with van der Waals surface area (Å²) in [5, 5.41) is 0. The lowest BCUT2D eigenvalue weighted by Crippen LogP contribution is -2.48. The Morgan fingerprint density at radius 1 is 0.949 bits per heavy atom. The number of primary amides is 1. The highest BCUT2D eigenvalue weighted by molar-refractivity contribution is 5.99. The highest BCUT2D eigenvalue weighted by Gasteiger charge is 2.25. The van der Waals surface area contributed by atoms with Crippen LogP contribution in [0.2, 0.25) is 0 Å². The number of para-hydroxylation sites is 1. The van der Waals surface area contributed by atoms with E-state index in [0.29, 0.717) is 49.0 Å². The maximum absolute atomic E-state index is 12.6. The van der Waals surface area contributed by atoms with Gasteiger partial charge in [0.2, 0.25) is 5.91 Å². The van der Waals surface area contributed by atoms with E-state index >= 15 is 0 Å². The van der Waals surface area contributed by atoms with Gasteiger partial charge in [0.25, 0.3) is 5.91 Å². The Morgan fingerprint density at radius 2 is 1.64 bits per heavy atom. The second-order valence-electron chi connectivity index (χ2n) is 9.68. The van der Waals surface area contributed by atoms with Crippen molar-refractivity contribution < 1.29 is 14.3 Å². The van der Waals surface area contributed by atoms with Crippen molar-refractivity contribution in [3.63, 3.8) is 0 Å². The lowest BCUT2D eigenvalue weighted by atomic mass is 10.1. The molecule has 1 saturated heterocycles. The monoisotopic (exact) mass is 524 g/mol. The quantitative estimate of drug-likeness (QED) is 0.354. The third-order valence-electron chi connectivity index (χ3n) is 6.63. The molecule has 2 aromatic heterocycles. The Labute approximate surface area is 227 Å². The topological polar surface area (TPSA) is 96.4 Å². The Hall–Kier alpha value is -4.63. The molecule has 4 aromatic rings. The van der Waals surface area contributed by atoms with E-state index in [1.165, 1.54) is 0 Å². The predicted octanol–water partition coefficient (Wildman–Crippen LogP) is 3.66.